The zero-order chi connectivity index (χ0) is 19.6. The van der Waals surface area contributed by atoms with Crippen molar-refractivity contribution in [1.29, 1.82) is 0 Å². The van der Waals surface area contributed by atoms with Gasteiger partial charge in [0, 0.05) is 0 Å². The molecule has 3 rings (SSSR count). The number of anilines is 3. The highest BCUT2D eigenvalue weighted by Gasteiger charge is 2.19. The second-order valence-corrected chi connectivity index (χ2v) is 5.60. The molecule has 1 atom stereocenters. The summed E-state index contributed by atoms with van der Waals surface area (Å²) >= 11 is -2.58. The fraction of sp³-hybridized carbons (Fsp3) is 0.0769. The standard InChI is InChI=1S/C13H11F2N7O4S/c1-26-12-7-10(16-4-17-11(7)20-21-12)19-13(23)18-9-5(14)2-3-6(8(9)15)22-27(24)25/h2-4,22H,1H3,(H,24,25)(H3,16,17,18,19,20,21,23). The van der Waals surface area contributed by atoms with E-state index in [1.165, 1.54) is 7.11 Å². The monoisotopic (exact) mass is 399 g/mol. The van der Waals surface area contributed by atoms with Gasteiger partial charge in [0.15, 0.2) is 17.3 Å². The number of hydrogen-bond donors (Lipinski definition) is 5. The Bertz CT molecular complexity index is 1040. The first-order valence-electron chi connectivity index (χ1n) is 7.07. The van der Waals surface area contributed by atoms with Crippen molar-refractivity contribution in [3.8, 4) is 5.88 Å². The molecule has 1 aromatic carbocycles. The number of nitrogens with one attached hydrogen (secondary N) is 4. The molecule has 2 heterocycles. The van der Waals surface area contributed by atoms with Crippen LogP contribution in [0.25, 0.3) is 11.0 Å². The smallest absolute Gasteiger partial charge is 0.325 e. The minimum Gasteiger partial charge on any atom is -0.479 e. The number of nitrogens with zero attached hydrogens (tertiary/aromatic N) is 3. The third-order valence-electron chi connectivity index (χ3n) is 3.28. The number of carbonyl (C=O) groups is 1. The fourth-order valence-electron chi connectivity index (χ4n) is 2.17. The molecule has 5 N–H and O–H groups in total. The summed E-state index contributed by atoms with van der Waals surface area (Å²) in [5, 5.41) is 10.9. The average Bonchev–Trinajstić information content (AvgIpc) is 3.05. The van der Waals surface area contributed by atoms with E-state index in [9.17, 15) is 17.8 Å². The van der Waals surface area contributed by atoms with Crippen LogP contribution in [0.1, 0.15) is 0 Å². The Kier molecular flexibility index (Phi) is 5.09. The number of aromatic nitrogens is 4. The van der Waals surface area contributed by atoms with Crippen LogP contribution in [-0.2, 0) is 11.3 Å². The van der Waals surface area contributed by atoms with Gasteiger partial charge in [0.2, 0.25) is 5.88 Å². The molecule has 0 bridgehead atoms. The van der Waals surface area contributed by atoms with Gasteiger partial charge in [-0.15, -0.1) is 5.10 Å². The van der Waals surface area contributed by atoms with Gasteiger partial charge < -0.3 is 10.1 Å². The summed E-state index contributed by atoms with van der Waals surface area (Å²) in [4.78, 5) is 20.0. The van der Waals surface area contributed by atoms with E-state index in [0.717, 1.165) is 18.5 Å². The van der Waals surface area contributed by atoms with Crippen LogP contribution in [0, 0.1) is 11.6 Å². The Morgan fingerprint density at radius 2 is 2.07 bits per heavy atom. The Labute approximate surface area is 152 Å². The first-order chi connectivity index (χ1) is 12.9. The summed E-state index contributed by atoms with van der Waals surface area (Å²) in [5.41, 5.74) is -1.04. The number of rotatable bonds is 5. The van der Waals surface area contributed by atoms with Gasteiger partial charge in [0.25, 0.3) is 11.3 Å². The number of methoxy groups -OCH3 is 1. The number of amides is 2. The molecular weight excluding hydrogens is 388 g/mol. The summed E-state index contributed by atoms with van der Waals surface area (Å²) in [6.07, 6.45) is 1.14. The van der Waals surface area contributed by atoms with Crippen LogP contribution >= 0.6 is 0 Å². The highest BCUT2D eigenvalue weighted by Crippen LogP contribution is 2.28. The maximum absolute atomic E-state index is 14.3. The second kappa shape index (κ2) is 7.46. The summed E-state index contributed by atoms with van der Waals surface area (Å²) in [6.45, 7) is 0. The molecule has 2 amide bonds. The van der Waals surface area contributed by atoms with Gasteiger partial charge in [0.05, 0.1) is 12.8 Å². The number of H-pyrrole nitrogens is 1. The van der Waals surface area contributed by atoms with E-state index in [-0.39, 0.29) is 22.7 Å². The molecule has 0 saturated carbocycles. The molecule has 0 saturated heterocycles. The zero-order valence-electron chi connectivity index (χ0n) is 13.4. The minimum atomic E-state index is -2.58. The van der Waals surface area contributed by atoms with Crippen molar-refractivity contribution in [3.05, 3.63) is 30.1 Å². The molecule has 0 radical (unpaired) electrons. The first-order valence-corrected chi connectivity index (χ1v) is 8.18. The Hall–Kier alpha value is -3.39. The van der Waals surface area contributed by atoms with E-state index < -0.39 is 40.3 Å². The summed E-state index contributed by atoms with van der Waals surface area (Å²) in [6, 6.07) is 0.695. The number of ether oxygens (including phenoxy) is 1. The third-order valence-corrected chi connectivity index (χ3v) is 3.67. The SMILES string of the molecule is COc1n[nH]c2ncnc(NC(=O)Nc3c(F)ccc(NS(=O)O)c3F)c12. The van der Waals surface area contributed by atoms with E-state index in [1.807, 2.05) is 10.0 Å². The quantitative estimate of drug-likeness (QED) is 0.410. The second-order valence-electron chi connectivity index (χ2n) is 4.89. The molecular formula is C13H11F2N7O4S. The van der Waals surface area contributed by atoms with Gasteiger partial charge in [-0.3, -0.25) is 19.7 Å². The molecule has 0 aliphatic carbocycles. The van der Waals surface area contributed by atoms with Gasteiger partial charge >= 0.3 is 6.03 Å². The van der Waals surface area contributed by atoms with Gasteiger partial charge in [0.1, 0.15) is 23.2 Å². The molecule has 0 spiro atoms. The predicted molar refractivity (Wildman–Crippen MR) is 91.6 cm³/mol. The van der Waals surface area contributed by atoms with Crippen LogP contribution in [0.2, 0.25) is 0 Å². The highest BCUT2D eigenvalue weighted by atomic mass is 32.2. The number of fused-ring (bicyclic) bond motifs is 1. The van der Waals surface area contributed by atoms with Crippen molar-refractivity contribution in [2.45, 2.75) is 0 Å². The van der Waals surface area contributed by atoms with Crippen LogP contribution in [0.3, 0.4) is 0 Å². The lowest BCUT2D eigenvalue weighted by Crippen LogP contribution is -2.22. The maximum atomic E-state index is 14.3. The fourth-order valence-corrected chi connectivity index (χ4v) is 2.51. The van der Waals surface area contributed by atoms with Crippen molar-refractivity contribution < 1.29 is 27.1 Å². The van der Waals surface area contributed by atoms with Gasteiger partial charge in [-0.2, -0.15) is 0 Å². The van der Waals surface area contributed by atoms with Crippen LogP contribution in [-0.4, -0.2) is 42.1 Å². The number of halogens is 2. The largest absolute Gasteiger partial charge is 0.479 e. The Balaban J connectivity index is 1.87. The third kappa shape index (κ3) is 3.75. The average molecular weight is 399 g/mol. The molecule has 0 aliphatic rings. The molecule has 11 nitrogen and oxygen atoms in total. The first kappa shape index (κ1) is 18.4. The van der Waals surface area contributed by atoms with Crippen molar-refractivity contribution >= 4 is 45.5 Å². The highest BCUT2D eigenvalue weighted by molar-refractivity contribution is 7.80. The van der Waals surface area contributed by atoms with Crippen molar-refractivity contribution in [2.24, 2.45) is 0 Å². The zero-order valence-corrected chi connectivity index (χ0v) is 14.2. The molecule has 0 fully saturated rings. The summed E-state index contributed by atoms with van der Waals surface area (Å²) in [5.74, 6) is -2.27. The Morgan fingerprint density at radius 3 is 2.78 bits per heavy atom. The number of aromatic amines is 1. The minimum absolute atomic E-state index is 0.0188. The lowest BCUT2D eigenvalue weighted by atomic mass is 10.2. The van der Waals surface area contributed by atoms with E-state index in [2.05, 4.69) is 25.5 Å². The number of urea groups is 1. The van der Waals surface area contributed by atoms with E-state index in [4.69, 9.17) is 9.29 Å². The van der Waals surface area contributed by atoms with E-state index in [0.29, 0.717) is 0 Å². The van der Waals surface area contributed by atoms with Gasteiger partial charge in [-0.25, -0.2) is 27.8 Å². The van der Waals surface area contributed by atoms with Crippen LogP contribution < -0.4 is 20.1 Å². The lowest BCUT2D eigenvalue weighted by molar-refractivity contribution is 0.262. The van der Waals surface area contributed by atoms with Crippen molar-refractivity contribution in [2.75, 3.05) is 22.5 Å². The molecule has 14 heteroatoms. The van der Waals surface area contributed by atoms with E-state index >= 15 is 0 Å². The molecule has 3 aromatic rings. The lowest BCUT2D eigenvalue weighted by Gasteiger charge is -2.12. The van der Waals surface area contributed by atoms with Crippen molar-refractivity contribution in [3.63, 3.8) is 0 Å². The number of carbonyl (C=O) groups excluding carboxylic acids is 1. The number of hydrogen-bond acceptors (Lipinski definition) is 6. The summed E-state index contributed by atoms with van der Waals surface area (Å²) in [7, 11) is 1.35. The predicted octanol–water partition coefficient (Wildman–Crippen LogP) is 1.83. The molecule has 142 valence electrons. The number of benzene rings is 1. The Morgan fingerprint density at radius 1 is 1.30 bits per heavy atom. The van der Waals surface area contributed by atoms with Crippen LogP contribution in [0.5, 0.6) is 5.88 Å². The molecule has 2 aromatic heterocycles. The van der Waals surface area contributed by atoms with Crippen LogP contribution in [0.4, 0.5) is 30.8 Å². The van der Waals surface area contributed by atoms with Gasteiger partial charge in [-0.05, 0) is 12.1 Å². The topological polar surface area (TPSA) is 154 Å². The van der Waals surface area contributed by atoms with Gasteiger partial charge in [-0.1, -0.05) is 0 Å². The van der Waals surface area contributed by atoms with E-state index in [1.54, 1.807) is 0 Å². The summed E-state index contributed by atoms with van der Waals surface area (Å²) < 4.78 is 54.5. The van der Waals surface area contributed by atoms with Crippen LogP contribution in [0.15, 0.2) is 18.5 Å². The molecule has 27 heavy (non-hydrogen) atoms. The maximum Gasteiger partial charge on any atom is 0.325 e. The molecule has 0 aliphatic heterocycles. The normalized spacial score (nSPS) is 11.9. The molecule has 1 unspecified atom stereocenters. The van der Waals surface area contributed by atoms with Crippen molar-refractivity contribution in [1.82, 2.24) is 20.2 Å².